The molecule has 0 unspecified atom stereocenters. The summed E-state index contributed by atoms with van der Waals surface area (Å²) in [5, 5.41) is 4.84. The highest BCUT2D eigenvalue weighted by atomic mass is 32.2. The Balaban J connectivity index is 1.58. The van der Waals surface area contributed by atoms with E-state index in [1.54, 1.807) is 24.6 Å². The molecule has 1 aliphatic heterocycles. The van der Waals surface area contributed by atoms with Crippen LogP contribution in [0.3, 0.4) is 0 Å². The van der Waals surface area contributed by atoms with Crippen LogP contribution in [0.4, 0.5) is 5.69 Å². The van der Waals surface area contributed by atoms with Gasteiger partial charge in [0.05, 0.1) is 22.6 Å². The summed E-state index contributed by atoms with van der Waals surface area (Å²) in [4.78, 5) is 16.8. The molecule has 0 aliphatic carbocycles. The standard InChI is InChI=1S/C18H23N3O4S2/c1-2-27(23,24)21-9-7-14(8-10-21)18(22)20-16-5-3-4-6-17(16)25-11-15-12-26-13-19-15/h3-6,12-14H,2,7-11H2,1H3,(H,20,22). The lowest BCUT2D eigenvalue weighted by Gasteiger charge is -2.30. The Morgan fingerprint density at radius 2 is 2.07 bits per heavy atom. The third-order valence-electron chi connectivity index (χ3n) is 4.59. The van der Waals surface area contributed by atoms with Gasteiger partial charge in [-0.1, -0.05) is 12.1 Å². The smallest absolute Gasteiger partial charge is 0.227 e. The summed E-state index contributed by atoms with van der Waals surface area (Å²) in [5.41, 5.74) is 3.20. The maximum Gasteiger partial charge on any atom is 0.227 e. The number of hydrogen-bond acceptors (Lipinski definition) is 6. The highest BCUT2D eigenvalue weighted by molar-refractivity contribution is 7.89. The van der Waals surface area contributed by atoms with E-state index < -0.39 is 10.0 Å². The molecule has 27 heavy (non-hydrogen) atoms. The number of ether oxygens (including phenoxy) is 1. The van der Waals surface area contributed by atoms with Crippen molar-refractivity contribution in [2.24, 2.45) is 5.92 Å². The van der Waals surface area contributed by atoms with E-state index in [2.05, 4.69) is 10.3 Å². The topological polar surface area (TPSA) is 88.6 Å². The number of aromatic nitrogens is 1. The third kappa shape index (κ3) is 5.06. The average Bonchev–Trinajstić information content (AvgIpc) is 3.21. The molecule has 146 valence electrons. The molecule has 0 spiro atoms. The van der Waals surface area contributed by atoms with Crippen LogP contribution in [-0.4, -0.2) is 42.5 Å². The largest absolute Gasteiger partial charge is 0.485 e. The van der Waals surface area contributed by atoms with Gasteiger partial charge in [0, 0.05) is 24.4 Å². The molecule has 0 radical (unpaired) electrons. The van der Waals surface area contributed by atoms with E-state index in [0.717, 1.165) is 5.69 Å². The summed E-state index contributed by atoms with van der Waals surface area (Å²) in [5.74, 6) is 0.367. The van der Waals surface area contributed by atoms with Crippen LogP contribution in [0.15, 0.2) is 35.2 Å². The van der Waals surface area contributed by atoms with E-state index in [4.69, 9.17) is 4.74 Å². The van der Waals surface area contributed by atoms with Crippen LogP contribution in [-0.2, 0) is 21.4 Å². The summed E-state index contributed by atoms with van der Waals surface area (Å²) in [6.45, 7) is 2.74. The molecule has 0 saturated carbocycles. The van der Waals surface area contributed by atoms with Crippen molar-refractivity contribution in [1.29, 1.82) is 0 Å². The van der Waals surface area contributed by atoms with Gasteiger partial charge in [-0.3, -0.25) is 4.79 Å². The Labute approximate surface area is 163 Å². The average molecular weight is 410 g/mol. The van der Waals surface area contributed by atoms with Gasteiger partial charge < -0.3 is 10.1 Å². The number of nitrogens with zero attached hydrogens (tertiary/aromatic N) is 2. The van der Waals surface area contributed by atoms with Crippen molar-refractivity contribution in [1.82, 2.24) is 9.29 Å². The molecule has 0 atom stereocenters. The molecule has 1 amide bonds. The molecule has 1 aromatic carbocycles. The van der Waals surface area contributed by atoms with Gasteiger partial charge in [0.1, 0.15) is 12.4 Å². The minimum absolute atomic E-state index is 0.0908. The van der Waals surface area contributed by atoms with Crippen LogP contribution in [0.25, 0.3) is 0 Å². The Morgan fingerprint density at radius 1 is 1.33 bits per heavy atom. The van der Waals surface area contributed by atoms with Crippen LogP contribution in [0, 0.1) is 5.92 Å². The second-order valence-electron chi connectivity index (χ2n) is 6.33. The van der Waals surface area contributed by atoms with E-state index >= 15 is 0 Å². The van der Waals surface area contributed by atoms with Gasteiger partial charge in [0.2, 0.25) is 15.9 Å². The fourth-order valence-corrected chi connectivity index (χ4v) is 4.65. The zero-order valence-corrected chi connectivity index (χ0v) is 16.8. The number of hydrogen-bond donors (Lipinski definition) is 1. The first-order chi connectivity index (χ1) is 13.0. The van der Waals surface area contributed by atoms with Crippen molar-refractivity contribution in [3.05, 3.63) is 40.8 Å². The number of sulfonamides is 1. The molecule has 2 heterocycles. The second-order valence-corrected chi connectivity index (χ2v) is 9.30. The third-order valence-corrected chi connectivity index (χ3v) is 7.10. The summed E-state index contributed by atoms with van der Waals surface area (Å²) >= 11 is 1.50. The highest BCUT2D eigenvalue weighted by Crippen LogP contribution is 2.27. The van der Waals surface area contributed by atoms with Crippen LogP contribution in [0.5, 0.6) is 5.75 Å². The number of carbonyl (C=O) groups excluding carboxylic acids is 1. The predicted molar refractivity (Wildman–Crippen MR) is 105 cm³/mol. The first kappa shape index (κ1) is 19.8. The molecule has 3 rings (SSSR count). The van der Waals surface area contributed by atoms with Gasteiger partial charge in [0.15, 0.2) is 0 Å². The number of amides is 1. The van der Waals surface area contributed by atoms with Gasteiger partial charge in [-0.05, 0) is 31.9 Å². The molecule has 1 aromatic heterocycles. The summed E-state index contributed by atoms with van der Waals surface area (Å²) in [7, 11) is -3.19. The van der Waals surface area contributed by atoms with E-state index in [-0.39, 0.29) is 17.6 Å². The quantitative estimate of drug-likeness (QED) is 0.760. The molecule has 1 aliphatic rings. The lowest BCUT2D eigenvalue weighted by Crippen LogP contribution is -2.42. The summed E-state index contributed by atoms with van der Waals surface area (Å²) in [6.07, 6.45) is 1.04. The van der Waals surface area contributed by atoms with Gasteiger partial charge in [0.25, 0.3) is 0 Å². The maximum absolute atomic E-state index is 12.6. The number of para-hydroxylation sites is 2. The molecule has 0 bridgehead atoms. The molecule has 2 aromatic rings. The number of benzene rings is 1. The summed E-state index contributed by atoms with van der Waals surface area (Å²) in [6, 6.07) is 7.28. The second kappa shape index (κ2) is 8.81. The van der Waals surface area contributed by atoms with Crippen molar-refractivity contribution >= 4 is 33.0 Å². The van der Waals surface area contributed by atoms with E-state index in [1.807, 2.05) is 17.5 Å². The molecule has 1 saturated heterocycles. The van der Waals surface area contributed by atoms with Crippen molar-refractivity contribution in [3.63, 3.8) is 0 Å². The first-order valence-corrected chi connectivity index (χ1v) is 11.4. The number of carbonyl (C=O) groups is 1. The zero-order valence-electron chi connectivity index (χ0n) is 15.1. The fraction of sp³-hybridized carbons (Fsp3) is 0.444. The minimum atomic E-state index is -3.19. The highest BCUT2D eigenvalue weighted by Gasteiger charge is 2.30. The molecule has 7 nitrogen and oxygen atoms in total. The van der Waals surface area contributed by atoms with E-state index in [1.165, 1.54) is 15.6 Å². The van der Waals surface area contributed by atoms with Crippen molar-refractivity contribution in [2.75, 3.05) is 24.2 Å². The molecular formula is C18H23N3O4S2. The molecule has 1 fully saturated rings. The first-order valence-electron chi connectivity index (χ1n) is 8.87. The van der Waals surface area contributed by atoms with Gasteiger partial charge in [-0.25, -0.2) is 17.7 Å². The number of thiazole rings is 1. The number of anilines is 1. The fourth-order valence-electron chi connectivity index (χ4n) is 2.97. The monoisotopic (exact) mass is 409 g/mol. The van der Waals surface area contributed by atoms with Crippen LogP contribution in [0.2, 0.25) is 0 Å². The van der Waals surface area contributed by atoms with Gasteiger partial charge in [-0.2, -0.15) is 0 Å². The molecular weight excluding hydrogens is 386 g/mol. The lowest BCUT2D eigenvalue weighted by atomic mass is 9.97. The maximum atomic E-state index is 12.6. The Kier molecular flexibility index (Phi) is 6.46. The van der Waals surface area contributed by atoms with Crippen LogP contribution >= 0.6 is 11.3 Å². The number of nitrogens with one attached hydrogen (secondary N) is 1. The van der Waals surface area contributed by atoms with Gasteiger partial charge >= 0.3 is 0 Å². The van der Waals surface area contributed by atoms with Crippen molar-refractivity contribution in [2.45, 2.75) is 26.4 Å². The van der Waals surface area contributed by atoms with Crippen LogP contribution in [0.1, 0.15) is 25.5 Å². The zero-order chi connectivity index (χ0) is 19.3. The van der Waals surface area contributed by atoms with E-state index in [9.17, 15) is 13.2 Å². The Morgan fingerprint density at radius 3 is 2.74 bits per heavy atom. The normalized spacial score (nSPS) is 16.2. The van der Waals surface area contributed by atoms with E-state index in [0.29, 0.717) is 44.0 Å². The Bertz CT molecular complexity index is 860. The van der Waals surface area contributed by atoms with Crippen molar-refractivity contribution < 1.29 is 17.9 Å². The summed E-state index contributed by atoms with van der Waals surface area (Å²) < 4.78 is 31.1. The number of piperidine rings is 1. The molecule has 9 heteroatoms. The molecule has 1 N–H and O–H groups in total. The lowest BCUT2D eigenvalue weighted by molar-refractivity contribution is -0.120. The Hall–Kier alpha value is -1.97. The minimum Gasteiger partial charge on any atom is -0.485 e. The van der Waals surface area contributed by atoms with Crippen molar-refractivity contribution in [3.8, 4) is 5.75 Å². The SMILES string of the molecule is CCS(=O)(=O)N1CCC(C(=O)Nc2ccccc2OCc2cscn2)CC1. The van der Waals surface area contributed by atoms with Crippen LogP contribution < -0.4 is 10.1 Å². The van der Waals surface area contributed by atoms with Gasteiger partial charge in [-0.15, -0.1) is 11.3 Å². The predicted octanol–water partition coefficient (Wildman–Crippen LogP) is 2.72. The number of rotatable bonds is 7.